The average molecular weight is 389 g/mol. The molecule has 142 valence electrons. The van der Waals surface area contributed by atoms with Crippen molar-refractivity contribution < 1.29 is 27.4 Å². The Morgan fingerprint density at radius 3 is 2.77 bits per heavy atom. The van der Waals surface area contributed by atoms with Crippen molar-refractivity contribution in [1.82, 2.24) is 4.98 Å². The highest BCUT2D eigenvalue weighted by molar-refractivity contribution is 7.22. The van der Waals surface area contributed by atoms with Crippen LogP contribution in [0.15, 0.2) is 18.2 Å². The summed E-state index contributed by atoms with van der Waals surface area (Å²) in [7, 11) is 0. The van der Waals surface area contributed by atoms with E-state index in [9.17, 15) is 18.0 Å². The summed E-state index contributed by atoms with van der Waals surface area (Å²) in [5.74, 6) is -0.116. The molecule has 26 heavy (non-hydrogen) atoms. The van der Waals surface area contributed by atoms with Gasteiger partial charge in [-0.15, -0.1) is 0 Å². The second kappa shape index (κ2) is 7.37. The number of fused-ring (bicyclic) bond motifs is 1. The van der Waals surface area contributed by atoms with E-state index in [2.05, 4.69) is 10.3 Å². The normalized spacial score (nSPS) is 17.2. The van der Waals surface area contributed by atoms with E-state index in [0.29, 0.717) is 41.4 Å². The Hall–Kier alpha value is -1.91. The van der Waals surface area contributed by atoms with Gasteiger partial charge in [-0.3, -0.25) is 4.79 Å². The number of halogens is 3. The highest BCUT2D eigenvalue weighted by Crippen LogP contribution is 2.34. The first-order valence-corrected chi connectivity index (χ1v) is 8.82. The zero-order chi connectivity index (χ0) is 18.8. The minimum absolute atomic E-state index is 0.0965. The average Bonchev–Trinajstić information content (AvgIpc) is 3.01. The fourth-order valence-corrected chi connectivity index (χ4v) is 3.62. The van der Waals surface area contributed by atoms with Crippen LogP contribution in [0.2, 0.25) is 0 Å². The molecule has 0 radical (unpaired) electrons. The second-order valence-electron chi connectivity index (χ2n) is 6.10. The van der Waals surface area contributed by atoms with Crippen molar-refractivity contribution >= 4 is 32.6 Å². The number of hydrogen-bond acceptors (Lipinski definition) is 6. The van der Waals surface area contributed by atoms with Gasteiger partial charge in [0, 0.05) is 19.8 Å². The SMILES string of the molecule is NCC1(C(=O)Nc2nc3ccc(OCC(F)(F)F)cc3s2)CCOCC1. The summed E-state index contributed by atoms with van der Waals surface area (Å²) in [5.41, 5.74) is 5.70. The molecule has 0 unspecified atom stereocenters. The molecule has 1 fully saturated rings. The number of ether oxygens (including phenoxy) is 2. The molecule has 1 aliphatic rings. The van der Waals surface area contributed by atoms with Crippen LogP contribution in [-0.4, -0.2) is 43.4 Å². The summed E-state index contributed by atoms with van der Waals surface area (Å²) < 4.78 is 47.4. The largest absolute Gasteiger partial charge is 0.484 e. The molecular formula is C16H18F3N3O3S. The molecule has 0 bridgehead atoms. The summed E-state index contributed by atoms with van der Waals surface area (Å²) in [5, 5.41) is 3.15. The Labute approximate surface area is 151 Å². The van der Waals surface area contributed by atoms with E-state index < -0.39 is 18.2 Å². The number of rotatable bonds is 5. The van der Waals surface area contributed by atoms with Crippen molar-refractivity contribution in [2.45, 2.75) is 19.0 Å². The van der Waals surface area contributed by atoms with Crippen LogP contribution in [0, 0.1) is 5.41 Å². The number of amides is 1. The van der Waals surface area contributed by atoms with E-state index in [-0.39, 0.29) is 18.2 Å². The van der Waals surface area contributed by atoms with Crippen molar-refractivity contribution in [3.63, 3.8) is 0 Å². The van der Waals surface area contributed by atoms with Crippen LogP contribution in [0.4, 0.5) is 18.3 Å². The van der Waals surface area contributed by atoms with Crippen LogP contribution in [0.1, 0.15) is 12.8 Å². The molecule has 2 aromatic rings. The number of thiazole rings is 1. The predicted octanol–water partition coefficient (Wildman–Crippen LogP) is 2.93. The number of nitrogens with zero attached hydrogens (tertiary/aromatic N) is 1. The summed E-state index contributed by atoms with van der Waals surface area (Å²) in [6.45, 7) is -0.195. The van der Waals surface area contributed by atoms with Crippen molar-refractivity contribution in [2.75, 3.05) is 31.7 Å². The minimum atomic E-state index is -4.40. The highest BCUT2D eigenvalue weighted by atomic mass is 32.1. The van der Waals surface area contributed by atoms with Gasteiger partial charge >= 0.3 is 6.18 Å². The zero-order valence-corrected chi connectivity index (χ0v) is 14.6. The summed E-state index contributed by atoms with van der Waals surface area (Å²) in [6.07, 6.45) is -3.33. The molecule has 3 N–H and O–H groups in total. The third-order valence-electron chi connectivity index (χ3n) is 4.31. The molecule has 2 heterocycles. The summed E-state index contributed by atoms with van der Waals surface area (Å²) in [6, 6.07) is 4.45. The lowest BCUT2D eigenvalue weighted by Gasteiger charge is -2.34. The predicted molar refractivity (Wildman–Crippen MR) is 91.3 cm³/mol. The Morgan fingerprint density at radius 2 is 2.12 bits per heavy atom. The van der Waals surface area contributed by atoms with Crippen LogP contribution >= 0.6 is 11.3 Å². The maximum atomic E-state index is 12.6. The first-order chi connectivity index (χ1) is 12.3. The molecule has 1 aliphatic heterocycles. The van der Waals surface area contributed by atoms with E-state index >= 15 is 0 Å². The summed E-state index contributed by atoms with van der Waals surface area (Å²) in [4.78, 5) is 16.9. The number of carbonyl (C=O) groups excluding carboxylic acids is 1. The van der Waals surface area contributed by atoms with Crippen LogP contribution in [-0.2, 0) is 9.53 Å². The van der Waals surface area contributed by atoms with Crippen LogP contribution in [0.3, 0.4) is 0 Å². The molecule has 0 atom stereocenters. The number of aromatic nitrogens is 1. The van der Waals surface area contributed by atoms with Gasteiger partial charge in [-0.05, 0) is 31.0 Å². The van der Waals surface area contributed by atoms with E-state index in [1.54, 1.807) is 6.07 Å². The van der Waals surface area contributed by atoms with Gasteiger partial charge in [0.25, 0.3) is 0 Å². The molecule has 1 saturated heterocycles. The monoisotopic (exact) mass is 389 g/mol. The summed E-state index contributed by atoms with van der Waals surface area (Å²) >= 11 is 1.17. The molecule has 0 spiro atoms. The smallest absolute Gasteiger partial charge is 0.422 e. The molecule has 3 rings (SSSR count). The fourth-order valence-electron chi connectivity index (χ4n) is 2.73. The maximum Gasteiger partial charge on any atom is 0.422 e. The molecule has 1 aromatic heterocycles. The van der Waals surface area contributed by atoms with Gasteiger partial charge in [0.1, 0.15) is 5.75 Å². The third kappa shape index (κ3) is 4.25. The number of anilines is 1. The van der Waals surface area contributed by atoms with E-state index in [1.165, 1.54) is 23.5 Å². The second-order valence-corrected chi connectivity index (χ2v) is 7.13. The maximum absolute atomic E-state index is 12.6. The lowest BCUT2D eigenvalue weighted by molar-refractivity contribution is -0.153. The van der Waals surface area contributed by atoms with Gasteiger partial charge in [-0.2, -0.15) is 13.2 Å². The van der Waals surface area contributed by atoms with Gasteiger partial charge in [0.05, 0.1) is 15.6 Å². The van der Waals surface area contributed by atoms with Gasteiger partial charge in [0.2, 0.25) is 5.91 Å². The number of benzene rings is 1. The molecule has 1 amide bonds. The quantitative estimate of drug-likeness (QED) is 0.821. The first kappa shape index (κ1) is 18.9. The Balaban J connectivity index is 1.73. The lowest BCUT2D eigenvalue weighted by Crippen LogP contribution is -2.46. The van der Waals surface area contributed by atoms with Crippen LogP contribution in [0.25, 0.3) is 10.2 Å². The van der Waals surface area contributed by atoms with E-state index in [0.717, 1.165) is 0 Å². The van der Waals surface area contributed by atoms with Crippen molar-refractivity contribution in [3.05, 3.63) is 18.2 Å². The number of hydrogen-bond donors (Lipinski definition) is 2. The van der Waals surface area contributed by atoms with E-state index in [1.807, 2.05) is 0 Å². The van der Waals surface area contributed by atoms with Crippen LogP contribution in [0.5, 0.6) is 5.75 Å². The molecule has 6 nitrogen and oxygen atoms in total. The number of nitrogens with two attached hydrogens (primary N) is 1. The molecular weight excluding hydrogens is 371 g/mol. The van der Waals surface area contributed by atoms with Crippen molar-refractivity contribution in [1.29, 1.82) is 0 Å². The topological polar surface area (TPSA) is 86.5 Å². The zero-order valence-electron chi connectivity index (χ0n) is 13.8. The molecule has 0 saturated carbocycles. The standard InChI is InChI=1S/C16H18F3N3O3S/c17-16(18,19)9-25-10-1-2-11-12(7-10)26-14(21-11)22-13(23)15(8-20)3-5-24-6-4-15/h1-2,7H,3-6,8-9,20H2,(H,21,22,23). The third-order valence-corrected chi connectivity index (χ3v) is 5.24. The molecule has 10 heteroatoms. The van der Waals surface area contributed by atoms with Crippen molar-refractivity contribution in [3.8, 4) is 5.75 Å². The Bertz CT molecular complexity index is 788. The lowest BCUT2D eigenvalue weighted by atomic mass is 9.79. The fraction of sp³-hybridized carbons (Fsp3) is 0.500. The van der Waals surface area contributed by atoms with Gasteiger partial charge in [-0.1, -0.05) is 11.3 Å². The van der Waals surface area contributed by atoms with Crippen molar-refractivity contribution in [2.24, 2.45) is 11.1 Å². The number of carbonyl (C=O) groups is 1. The number of nitrogens with one attached hydrogen (secondary N) is 1. The first-order valence-electron chi connectivity index (χ1n) is 8.01. The molecule has 1 aromatic carbocycles. The van der Waals surface area contributed by atoms with Gasteiger partial charge in [0.15, 0.2) is 11.7 Å². The number of alkyl halides is 3. The highest BCUT2D eigenvalue weighted by Gasteiger charge is 2.39. The van der Waals surface area contributed by atoms with E-state index in [4.69, 9.17) is 15.2 Å². The minimum Gasteiger partial charge on any atom is -0.484 e. The molecule has 0 aliphatic carbocycles. The Kier molecular flexibility index (Phi) is 5.35. The van der Waals surface area contributed by atoms with Gasteiger partial charge in [-0.25, -0.2) is 4.98 Å². The van der Waals surface area contributed by atoms with Gasteiger partial charge < -0.3 is 20.5 Å². The van der Waals surface area contributed by atoms with Crippen LogP contribution < -0.4 is 15.8 Å². The Morgan fingerprint density at radius 1 is 1.38 bits per heavy atom.